The van der Waals surface area contributed by atoms with E-state index in [0.29, 0.717) is 12.0 Å². The molecule has 1 heterocycles. The lowest BCUT2D eigenvalue weighted by Gasteiger charge is -2.36. The van der Waals surface area contributed by atoms with Crippen molar-refractivity contribution in [3.63, 3.8) is 0 Å². The van der Waals surface area contributed by atoms with E-state index in [1.54, 1.807) is 0 Å². The van der Waals surface area contributed by atoms with Crippen LogP contribution in [0.3, 0.4) is 0 Å². The predicted octanol–water partition coefficient (Wildman–Crippen LogP) is 4.35. The lowest BCUT2D eigenvalue weighted by molar-refractivity contribution is 0.220. The molecule has 0 aromatic heterocycles. The number of hydrogen-bond acceptors (Lipinski definition) is 1. The fourth-order valence-corrected chi connectivity index (χ4v) is 4.87. The Hall–Kier alpha value is -1.31. The Morgan fingerprint density at radius 1 is 1.05 bits per heavy atom. The van der Waals surface area contributed by atoms with Crippen molar-refractivity contribution in [2.75, 3.05) is 6.54 Å². The summed E-state index contributed by atoms with van der Waals surface area (Å²) in [5.74, 6) is 2.34. The second-order valence-corrected chi connectivity index (χ2v) is 7.22. The maximum Gasteiger partial charge on any atom is 0.0967 e. The highest BCUT2D eigenvalue weighted by atomic mass is 15.2. The van der Waals surface area contributed by atoms with Crippen molar-refractivity contribution >= 4 is 5.84 Å². The molecule has 3 aliphatic rings. The summed E-state index contributed by atoms with van der Waals surface area (Å²) < 4.78 is 0. The van der Waals surface area contributed by atoms with Crippen LogP contribution >= 0.6 is 0 Å². The number of aryl methyl sites for hydroxylation is 1. The van der Waals surface area contributed by atoms with Crippen LogP contribution in [0.25, 0.3) is 0 Å². The smallest absolute Gasteiger partial charge is 0.0967 e. The molecule has 1 aromatic carbocycles. The molecule has 1 N–H and O–H groups in total. The molecule has 2 heteroatoms. The van der Waals surface area contributed by atoms with Gasteiger partial charge in [-0.05, 0) is 42.7 Å². The van der Waals surface area contributed by atoms with Crippen LogP contribution in [0.5, 0.6) is 0 Å². The van der Waals surface area contributed by atoms with Gasteiger partial charge in [-0.1, -0.05) is 43.5 Å². The van der Waals surface area contributed by atoms with Crippen molar-refractivity contribution < 1.29 is 0 Å². The third-order valence-corrected chi connectivity index (χ3v) is 5.97. The van der Waals surface area contributed by atoms with Crippen LogP contribution in [0.4, 0.5) is 0 Å². The van der Waals surface area contributed by atoms with E-state index in [4.69, 9.17) is 5.41 Å². The number of benzene rings is 1. The van der Waals surface area contributed by atoms with Crippen molar-refractivity contribution in [3.8, 4) is 0 Å². The Balaban J connectivity index is 1.54. The van der Waals surface area contributed by atoms with Gasteiger partial charge in [-0.3, -0.25) is 5.41 Å². The van der Waals surface area contributed by atoms with Crippen molar-refractivity contribution in [2.45, 2.75) is 63.3 Å². The van der Waals surface area contributed by atoms with Gasteiger partial charge in [0.2, 0.25) is 0 Å². The van der Waals surface area contributed by atoms with Crippen LogP contribution in [-0.2, 0) is 6.42 Å². The van der Waals surface area contributed by atoms with Gasteiger partial charge in [-0.15, -0.1) is 0 Å². The lowest BCUT2D eigenvalue weighted by Crippen LogP contribution is -2.40. The largest absolute Gasteiger partial charge is 0.357 e. The molecule has 112 valence electrons. The Kier molecular flexibility index (Phi) is 3.48. The second kappa shape index (κ2) is 5.47. The van der Waals surface area contributed by atoms with Gasteiger partial charge in [-0.2, -0.15) is 0 Å². The first-order chi connectivity index (χ1) is 10.3. The third-order valence-electron chi connectivity index (χ3n) is 5.97. The van der Waals surface area contributed by atoms with E-state index in [9.17, 15) is 0 Å². The van der Waals surface area contributed by atoms with Gasteiger partial charge in [0.1, 0.15) is 0 Å². The molecule has 1 aliphatic heterocycles. The number of nitrogens with zero attached hydrogens (tertiary/aromatic N) is 1. The summed E-state index contributed by atoms with van der Waals surface area (Å²) in [6.07, 6.45) is 10.4. The van der Waals surface area contributed by atoms with Crippen LogP contribution < -0.4 is 0 Å². The molecule has 0 spiro atoms. The highest BCUT2D eigenvalue weighted by molar-refractivity contribution is 5.83. The summed E-state index contributed by atoms with van der Waals surface area (Å²) in [5.41, 5.74) is 3.07. The number of nitrogens with one attached hydrogen (secondary N) is 1. The van der Waals surface area contributed by atoms with Crippen molar-refractivity contribution in [3.05, 3.63) is 35.4 Å². The molecule has 2 atom stereocenters. The maximum absolute atomic E-state index is 8.49. The number of rotatable bonds is 2. The summed E-state index contributed by atoms with van der Waals surface area (Å²) in [6.45, 7) is 1.15. The van der Waals surface area contributed by atoms with E-state index in [0.717, 1.165) is 24.7 Å². The van der Waals surface area contributed by atoms with Crippen LogP contribution in [0.2, 0.25) is 0 Å². The monoisotopic (exact) mass is 282 g/mol. The number of amidine groups is 1. The zero-order chi connectivity index (χ0) is 14.2. The zero-order valence-corrected chi connectivity index (χ0v) is 12.9. The highest BCUT2D eigenvalue weighted by Gasteiger charge is 2.41. The van der Waals surface area contributed by atoms with Crippen molar-refractivity contribution in [2.24, 2.45) is 5.92 Å². The number of likely N-dealkylation sites (tertiary alicyclic amines) is 1. The topological polar surface area (TPSA) is 27.1 Å². The van der Waals surface area contributed by atoms with Crippen LogP contribution in [-0.4, -0.2) is 23.3 Å². The Bertz CT molecular complexity index is 530. The molecule has 2 unspecified atom stereocenters. The van der Waals surface area contributed by atoms with E-state index < -0.39 is 0 Å². The minimum absolute atomic E-state index is 0.589. The molecule has 0 bridgehead atoms. The van der Waals surface area contributed by atoms with E-state index in [1.165, 1.54) is 56.1 Å². The first-order valence-electron chi connectivity index (χ1n) is 8.75. The van der Waals surface area contributed by atoms with Crippen LogP contribution in [0.15, 0.2) is 24.3 Å². The first-order valence-corrected chi connectivity index (χ1v) is 8.75. The molecular formula is C19H26N2. The molecule has 2 fully saturated rings. The van der Waals surface area contributed by atoms with Gasteiger partial charge in [0.05, 0.1) is 5.84 Å². The van der Waals surface area contributed by atoms with Gasteiger partial charge in [0, 0.05) is 24.9 Å². The van der Waals surface area contributed by atoms with Gasteiger partial charge in [0.15, 0.2) is 0 Å². The van der Waals surface area contributed by atoms with Crippen molar-refractivity contribution in [1.82, 2.24) is 4.90 Å². The molecule has 1 aromatic rings. The first kappa shape index (κ1) is 13.4. The van der Waals surface area contributed by atoms with Crippen molar-refractivity contribution in [1.29, 1.82) is 5.41 Å². The van der Waals surface area contributed by atoms with Gasteiger partial charge < -0.3 is 4.90 Å². The molecule has 1 saturated carbocycles. The zero-order valence-electron chi connectivity index (χ0n) is 12.9. The standard InChI is InChI=1S/C19H26N2/c20-19-12-17-16-9-5-4-8-15(16)10-11-18(17)21(19)13-14-6-2-1-3-7-14/h4-5,8-9,14,17-18,20H,1-3,6-7,10-13H2. The fourth-order valence-electron chi connectivity index (χ4n) is 4.87. The Labute approximate surface area is 128 Å². The molecule has 21 heavy (non-hydrogen) atoms. The lowest BCUT2D eigenvalue weighted by atomic mass is 9.79. The number of hydrogen-bond donors (Lipinski definition) is 1. The van der Waals surface area contributed by atoms with E-state index in [2.05, 4.69) is 29.2 Å². The molecule has 2 nitrogen and oxygen atoms in total. The SMILES string of the molecule is N=C1CC2c3ccccc3CCC2N1CC1CCCCC1. The third kappa shape index (κ3) is 2.39. The number of fused-ring (bicyclic) bond motifs is 3. The minimum atomic E-state index is 0.589. The van der Waals surface area contributed by atoms with E-state index >= 15 is 0 Å². The Morgan fingerprint density at radius 2 is 1.86 bits per heavy atom. The second-order valence-electron chi connectivity index (χ2n) is 7.22. The van der Waals surface area contributed by atoms with Gasteiger partial charge in [-0.25, -0.2) is 0 Å². The molecule has 4 rings (SSSR count). The average Bonchev–Trinajstić information content (AvgIpc) is 2.85. The van der Waals surface area contributed by atoms with E-state index in [-0.39, 0.29) is 0 Å². The fraction of sp³-hybridized carbons (Fsp3) is 0.632. The maximum atomic E-state index is 8.49. The highest BCUT2D eigenvalue weighted by Crippen LogP contribution is 2.43. The summed E-state index contributed by atoms with van der Waals surface area (Å²) in [4.78, 5) is 2.48. The molecular weight excluding hydrogens is 256 g/mol. The molecule has 1 saturated heterocycles. The molecule has 0 radical (unpaired) electrons. The van der Waals surface area contributed by atoms with Crippen LogP contribution in [0, 0.1) is 11.3 Å². The summed E-state index contributed by atoms with van der Waals surface area (Å²) in [6, 6.07) is 9.55. The predicted molar refractivity (Wildman–Crippen MR) is 86.9 cm³/mol. The van der Waals surface area contributed by atoms with E-state index in [1.807, 2.05) is 0 Å². The normalized spacial score (nSPS) is 29.3. The summed E-state index contributed by atoms with van der Waals surface area (Å²) in [5, 5.41) is 8.49. The molecule has 0 amide bonds. The summed E-state index contributed by atoms with van der Waals surface area (Å²) in [7, 11) is 0. The van der Waals surface area contributed by atoms with Gasteiger partial charge in [0.25, 0.3) is 0 Å². The Morgan fingerprint density at radius 3 is 2.71 bits per heavy atom. The molecule has 2 aliphatic carbocycles. The minimum Gasteiger partial charge on any atom is -0.357 e. The quantitative estimate of drug-likeness (QED) is 0.858. The summed E-state index contributed by atoms with van der Waals surface area (Å²) >= 11 is 0. The average molecular weight is 282 g/mol. The van der Waals surface area contributed by atoms with Crippen LogP contribution in [0.1, 0.15) is 62.0 Å². The van der Waals surface area contributed by atoms with Gasteiger partial charge >= 0.3 is 0 Å².